The Kier molecular flexibility index (Phi) is 8.64. The molecule has 38 heavy (non-hydrogen) atoms. The molecule has 0 radical (unpaired) electrons. The van der Waals surface area contributed by atoms with Crippen molar-refractivity contribution in [2.75, 3.05) is 26.7 Å². The summed E-state index contributed by atoms with van der Waals surface area (Å²) in [6.45, 7) is 10.9. The van der Waals surface area contributed by atoms with Crippen LogP contribution >= 0.6 is 0 Å². The summed E-state index contributed by atoms with van der Waals surface area (Å²) in [7, 11) is 1.15. The summed E-state index contributed by atoms with van der Waals surface area (Å²) < 4.78 is 45.3. The van der Waals surface area contributed by atoms with Crippen LogP contribution in [0, 0.1) is 25.5 Å². The SMILES string of the molecule is COC(=O)c1c(C)cc(OC(C(=O)N2CCN(C(=O)OC(C)(C)C)[C@H](C)C2)c2ccc(C)c(F)c2)cc1F. The third-order valence-corrected chi connectivity index (χ3v) is 6.19. The molecule has 0 spiro atoms. The van der Waals surface area contributed by atoms with E-state index in [1.165, 1.54) is 30.0 Å². The van der Waals surface area contributed by atoms with Gasteiger partial charge < -0.3 is 24.0 Å². The predicted molar refractivity (Wildman–Crippen MR) is 136 cm³/mol. The first-order valence-corrected chi connectivity index (χ1v) is 12.3. The maximum atomic E-state index is 14.8. The van der Waals surface area contributed by atoms with E-state index in [9.17, 15) is 23.2 Å². The standard InChI is InChI=1S/C28H34F2N2O6/c1-16-8-9-19(13-21(16)29)24(37-20-12-17(2)23(22(30)14-20)26(34)36-7)25(33)31-10-11-32(18(3)15-31)27(35)38-28(4,5)6/h8-9,12-14,18,24H,10-11,15H2,1-7H3/t18-,24?/m1/s1. The molecule has 10 heteroatoms. The highest BCUT2D eigenvalue weighted by Gasteiger charge is 2.36. The number of carbonyl (C=O) groups is 3. The van der Waals surface area contributed by atoms with Gasteiger partial charge in [0.15, 0.2) is 0 Å². The third-order valence-electron chi connectivity index (χ3n) is 6.19. The summed E-state index contributed by atoms with van der Waals surface area (Å²) in [5.41, 5.74) is -0.00195. The maximum Gasteiger partial charge on any atom is 0.410 e. The van der Waals surface area contributed by atoms with Gasteiger partial charge in [0.05, 0.1) is 12.7 Å². The van der Waals surface area contributed by atoms with Crippen molar-refractivity contribution in [3.05, 3.63) is 64.2 Å². The molecule has 206 valence electrons. The summed E-state index contributed by atoms with van der Waals surface area (Å²) in [4.78, 5) is 41.3. The number of amides is 2. The van der Waals surface area contributed by atoms with E-state index in [1.54, 1.807) is 45.6 Å². The van der Waals surface area contributed by atoms with E-state index in [0.29, 0.717) is 5.56 Å². The normalized spacial score (nSPS) is 16.6. The molecule has 3 rings (SSSR count). The molecule has 1 unspecified atom stereocenters. The van der Waals surface area contributed by atoms with Crippen LogP contribution in [-0.2, 0) is 14.3 Å². The zero-order valence-corrected chi connectivity index (χ0v) is 22.8. The van der Waals surface area contributed by atoms with Gasteiger partial charge in [-0.3, -0.25) is 4.79 Å². The lowest BCUT2D eigenvalue weighted by Crippen LogP contribution is -2.57. The van der Waals surface area contributed by atoms with Crippen molar-refractivity contribution in [2.45, 2.75) is 59.3 Å². The Morgan fingerprint density at radius 2 is 1.68 bits per heavy atom. The Morgan fingerprint density at radius 1 is 1.00 bits per heavy atom. The van der Waals surface area contributed by atoms with Crippen LogP contribution in [0.5, 0.6) is 5.75 Å². The molecule has 2 amide bonds. The van der Waals surface area contributed by atoms with Gasteiger partial charge in [0.2, 0.25) is 6.10 Å². The quantitative estimate of drug-likeness (QED) is 0.507. The molecule has 1 aliphatic rings. The van der Waals surface area contributed by atoms with Gasteiger partial charge in [0.25, 0.3) is 5.91 Å². The first kappa shape index (κ1) is 28.9. The number of methoxy groups -OCH3 is 1. The topological polar surface area (TPSA) is 85.4 Å². The lowest BCUT2D eigenvalue weighted by Gasteiger charge is -2.41. The highest BCUT2D eigenvalue weighted by molar-refractivity contribution is 5.91. The lowest BCUT2D eigenvalue weighted by molar-refractivity contribution is -0.142. The number of carbonyl (C=O) groups excluding carboxylic acids is 3. The Balaban J connectivity index is 1.89. The number of hydrogen-bond acceptors (Lipinski definition) is 6. The predicted octanol–water partition coefficient (Wildman–Crippen LogP) is 4.96. The number of aryl methyl sites for hydroxylation is 2. The Morgan fingerprint density at radius 3 is 2.24 bits per heavy atom. The van der Waals surface area contributed by atoms with Crippen LogP contribution in [0.4, 0.5) is 13.6 Å². The van der Waals surface area contributed by atoms with E-state index < -0.39 is 41.3 Å². The van der Waals surface area contributed by atoms with Crippen molar-refractivity contribution in [3.8, 4) is 5.75 Å². The van der Waals surface area contributed by atoms with E-state index >= 15 is 0 Å². The Hall–Kier alpha value is -3.69. The molecule has 1 heterocycles. The molecule has 0 saturated carbocycles. The fourth-order valence-corrected chi connectivity index (χ4v) is 4.23. The van der Waals surface area contributed by atoms with Crippen LogP contribution in [-0.4, -0.2) is 66.2 Å². The summed E-state index contributed by atoms with van der Waals surface area (Å²) in [5, 5.41) is 0. The minimum atomic E-state index is -1.30. The number of nitrogens with zero attached hydrogens (tertiary/aromatic N) is 2. The highest BCUT2D eigenvalue weighted by atomic mass is 19.1. The molecular weight excluding hydrogens is 498 g/mol. The fraction of sp³-hybridized carbons (Fsp3) is 0.464. The number of esters is 1. The van der Waals surface area contributed by atoms with Crippen LogP contribution < -0.4 is 4.74 Å². The maximum absolute atomic E-state index is 14.8. The van der Waals surface area contributed by atoms with Crippen LogP contribution in [0.15, 0.2) is 30.3 Å². The van der Waals surface area contributed by atoms with E-state index in [0.717, 1.165) is 13.2 Å². The number of halogens is 2. The van der Waals surface area contributed by atoms with Gasteiger partial charge in [-0.2, -0.15) is 0 Å². The second-order valence-corrected chi connectivity index (χ2v) is 10.4. The Bertz CT molecular complexity index is 1200. The molecule has 2 aromatic rings. The molecule has 8 nitrogen and oxygen atoms in total. The highest BCUT2D eigenvalue weighted by Crippen LogP contribution is 2.30. The van der Waals surface area contributed by atoms with Crippen LogP contribution in [0.3, 0.4) is 0 Å². The summed E-state index contributed by atoms with van der Waals surface area (Å²) in [5.74, 6) is -2.70. The van der Waals surface area contributed by atoms with Crippen molar-refractivity contribution in [3.63, 3.8) is 0 Å². The Labute approximate surface area is 221 Å². The molecule has 1 saturated heterocycles. The number of hydrogen-bond donors (Lipinski definition) is 0. The zero-order valence-electron chi connectivity index (χ0n) is 22.8. The van der Waals surface area contributed by atoms with Crippen molar-refractivity contribution >= 4 is 18.0 Å². The monoisotopic (exact) mass is 532 g/mol. The number of piperazine rings is 1. The minimum absolute atomic E-state index is 0.00701. The molecule has 0 N–H and O–H groups in total. The molecule has 1 aliphatic heterocycles. The number of benzene rings is 2. The van der Waals surface area contributed by atoms with E-state index in [2.05, 4.69) is 4.74 Å². The summed E-state index contributed by atoms with van der Waals surface area (Å²) in [6.07, 6.45) is -1.77. The third kappa shape index (κ3) is 6.59. The van der Waals surface area contributed by atoms with Gasteiger partial charge in [-0.1, -0.05) is 12.1 Å². The minimum Gasteiger partial charge on any atom is -0.476 e. The first-order chi connectivity index (χ1) is 17.7. The molecule has 1 fully saturated rings. The molecule has 2 aromatic carbocycles. The van der Waals surface area contributed by atoms with E-state index in [1.807, 2.05) is 0 Å². The van der Waals surface area contributed by atoms with Crippen LogP contribution in [0.1, 0.15) is 60.8 Å². The fourth-order valence-electron chi connectivity index (χ4n) is 4.23. The van der Waals surface area contributed by atoms with Gasteiger partial charge in [-0.25, -0.2) is 18.4 Å². The first-order valence-electron chi connectivity index (χ1n) is 12.3. The van der Waals surface area contributed by atoms with Gasteiger partial charge in [0, 0.05) is 37.3 Å². The second kappa shape index (κ2) is 11.4. The molecular formula is C28H34F2N2O6. The van der Waals surface area contributed by atoms with Gasteiger partial charge in [-0.15, -0.1) is 0 Å². The summed E-state index contributed by atoms with van der Waals surface area (Å²) >= 11 is 0. The van der Waals surface area contributed by atoms with Gasteiger partial charge in [-0.05, 0) is 64.8 Å². The molecule has 2 atom stereocenters. The largest absolute Gasteiger partial charge is 0.476 e. The van der Waals surface area contributed by atoms with Crippen LogP contribution in [0.25, 0.3) is 0 Å². The van der Waals surface area contributed by atoms with Crippen molar-refractivity contribution in [2.24, 2.45) is 0 Å². The molecule has 0 aliphatic carbocycles. The molecule has 0 aromatic heterocycles. The summed E-state index contributed by atoms with van der Waals surface area (Å²) in [6, 6.07) is 6.38. The number of ether oxygens (including phenoxy) is 3. The molecule has 0 bridgehead atoms. The van der Waals surface area contributed by atoms with E-state index in [-0.39, 0.29) is 48.1 Å². The van der Waals surface area contributed by atoms with Crippen molar-refractivity contribution < 1.29 is 37.4 Å². The number of rotatable bonds is 5. The van der Waals surface area contributed by atoms with E-state index in [4.69, 9.17) is 9.47 Å². The smallest absolute Gasteiger partial charge is 0.410 e. The second-order valence-electron chi connectivity index (χ2n) is 10.4. The zero-order chi connectivity index (χ0) is 28.4. The average molecular weight is 533 g/mol. The lowest BCUT2D eigenvalue weighted by atomic mass is 10.0. The average Bonchev–Trinajstić information content (AvgIpc) is 2.82. The van der Waals surface area contributed by atoms with Crippen LogP contribution in [0.2, 0.25) is 0 Å². The van der Waals surface area contributed by atoms with Crippen molar-refractivity contribution in [1.82, 2.24) is 9.80 Å². The van der Waals surface area contributed by atoms with Gasteiger partial charge >= 0.3 is 12.1 Å². The van der Waals surface area contributed by atoms with Gasteiger partial charge in [0.1, 0.15) is 23.0 Å². The van der Waals surface area contributed by atoms with Crippen molar-refractivity contribution in [1.29, 1.82) is 0 Å².